The number of hydrogen-bond acceptors (Lipinski definition) is 4. The van der Waals surface area contributed by atoms with E-state index in [0.29, 0.717) is 31.8 Å². The normalized spacial score (nSPS) is 10.8. The van der Waals surface area contributed by atoms with Crippen molar-refractivity contribution < 1.29 is 13.9 Å². The third-order valence-electron chi connectivity index (χ3n) is 3.09. The van der Waals surface area contributed by atoms with Crippen molar-refractivity contribution in [3.8, 4) is 0 Å². The highest BCUT2D eigenvalue weighted by Crippen LogP contribution is 2.15. The predicted molar refractivity (Wildman–Crippen MR) is 80.7 cm³/mol. The fourth-order valence-electron chi connectivity index (χ4n) is 2.02. The molecule has 1 amide bonds. The third kappa shape index (κ3) is 3.92. The standard InChI is InChI=1S/C16H19NO4/c1-3-20-8-4-7-17-15(18)13-10-12-9-11(2)5-6-14(12)21-16(13)19/h5-6,9-10H,3-4,7-8H2,1-2H3,(H,17,18). The molecule has 0 aliphatic carbocycles. The minimum atomic E-state index is -0.617. The Morgan fingerprint density at radius 1 is 1.33 bits per heavy atom. The quantitative estimate of drug-likeness (QED) is 0.654. The van der Waals surface area contributed by atoms with Gasteiger partial charge < -0.3 is 14.5 Å². The highest BCUT2D eigenvalue weighted by atomic mass is 16.5. The van der Waals surface area contributed by atoms with E-state index in [2.05, 4.69) is 5.32 Å². The van der Waals surface area contributed by atoms with Crippen LogP contribution in [0.25, 0.3) is 11.0 Å². The summed E-state index contributed by atoms with van der Waals surface area (Å²) in [5.74, 6) is -0.413. The Hall–Kier alpha value is -2.14. The van der Waals surface area contributed by atoms with Gasteiger partial charge in [0.1, 0.15) is 11.1 Å². The van der Waals surface area contributed by atoms with Crippen LogP contribution in [0.5, 0.6) is 0 Å². The lowest BCUT2D eigenvalue weighted by Crippen LogP contribution is -2.29. The number of fused-ring (bicyclic) bond motifs is 1. The first kappa shape index (κ1) is 15.3. The number of nitrogens with one attached hydrogen (secondary N) is 1. The molecule has 0 atom stereocenters. The van der Waals surface area contributed by atoms with E-state index in [-0.39, 0.29) is 5.56 Å². The van der Waals surface area contributed by atoms with Crippen LogP contribution in [0, 0.1) is 6.92 Å². The summed E-state index contributed by atoms with van der Waals surface area (Å²) in [6.07, 6.45) is 0.706. The molecular formula is C16H19NO4. The molecule has 5 nitrogen and oxygen atoms in total. The van der Waals surface area contributed by atoms with Crippen molar-refractivity contribution in [2.24, 2.45) is 0 Å². The molecule has 0 aliphatic heterocycles. The van der Waals surface area contributed by atoms with Crippen LogP contribution in [0.2, 0.25) is 0 Å². The fraction of sp³-hybridized carbons (Fsp3) is 0.375. The van der Waals surface area contributed by atoms with Gasteiger partial charge in [-0.3, -0.25) is 4.79 Å². The lowest BCUT2D eigenvalue weighted by atomic mass is 10.1. The van der Waals surface area contributed by atoms with Gasteiger partial charge in [-0.15, -0.1) is 0 Å². The molecule has 0 aliphatic rings. The first-order valence-corrected chi connectivity index (χ1v) is 7.02. The van der Waals surface area contributed by atoms with E-state index in [1.165, 1.54) is 0 Å². The van der Waals surface area contributed by atoms with Gasteiger partial charge in [0.25, 0.3) is 5.91 Å². The average molecular weight is 289 g/mol. The summed E-state index contributed by atoms with van der Waals surface area (Å²) < 4.78 is 10.4. The molecule has 1 aromatic carbocycles. The van der Waals surface area contributed by atoms with Crippen molar-refractivity contribution in [1.29, 1.82) is 0 Å². The van der Waals surface area contributed by atoms with Crippen molar-refractivity contribution in [2.75, 3.05) is 19.8 Å². The second-order valence-corrected chi connectivity index (χ2v) is 4.80. The number of ether oxygens (including phenoxy) is 1. The molecule has 0 unspecified atom stereocenters. The summed E-state index contributed by atoms with van der Waals surface area (Å²) in [5, 5.41) is 3.44. The number of amides is 1. The summed E-state index contributed by atoms with van der Waals surface area (Å²) in [5.41, 5.74) is 0.941. The van der Waals surface area contributed by atoms with E-state index < -0.39 is 11.5 Å². The van der Waals surface area contributed by atoms with Crippen molar-refractivity contribution in [2.45, 2.75) is 20.3 Å². The Bertz CT molecular complexity index is 690. The van der Waals surface area contributed by atoms with Gasteiger partial charge in [-0.1, -0.05) is 11.6 Å². The molecular weight excluding hydrogens is 270 g/mol. The van der Waals surface area contributed by atoms with E-state index in [9.17, 15) is 9.59 Å². The number of aryl methyl sites for hydroxylation is 1. The van der Waals surface area contributed by atoms with Crippen molar-refractivity contribution >= 4 is 16.9 Å². The number of benzene rings is 1. The largest absolute Gasteiger partial charge is 0.422 e. The molecule has 112 valence electrons. The molecule has 0 spiro atoms. The van der Waals surface area contributed by atoms with Crippen LogP contribution < -0.4 is 10.9 Å². The second-order valence-electron chi connectivity index (χ2n) is 4.80. The average Bonchev–Trinajstić information content (AvgIpc) is 2.46. The Morgan fingerprint density at radius 2 is 2.14 bits per heavy atom. The molecule has 0 fully saturated rings. The third-order valence-corrected chi connectivity index (χ3v) is 3.09. The summed E-state index contributed by atoms with van der Waals surface area (Å²) in [6, 6.07) is 7.05. The second kappa shape index (κ2) is 7.04. The van der Waals surface area contributed by atoms with Crippen LogP contribution in [0.1, 0.15) is 29.3 Å². The minimum Gasteiger partial charge on any atom is -0.422 e. The van der Waals surface area contributed by atoms with Crippen LogP contribution in [-0.4, -0.2) is 25.7 Å². The summed E-state index contributed by atoms with van der Waals surface area (Å²) in [4.78, 5) is 23.9. The van der Waals surface area contributed by atoms with Crippen LogP contribution in [0.15, 0.2) is 33.5 Å². The van der Waals surface area contributed by atoms with Gasteiger partial charge in [-0.25, -0.2) is 4.79 Å². The first-order chi connectivity index (χ1) is 10.1. The molecule has 0 bridgehead atoms. The molecule has 2 aromatic rings. The zero-order chi connectivity index (χ0) is 15.2. The monoisotopic (exact) mass is 289 g/mol. The topological polar surface area (TPSA) is 68.5 Å². The maximum absolute atomic E-state index is 12.0. The van der Waals surface area contributed by atoms with Crippen molar-refractivity contribution in [3.05, 3.63) is 45.8 Å². The molecule has 5 heteroatoms. The highest BCUT2D eigenvalue weighted by molar-refractivity contribution is 5.96. The first-order valence-electron chi connectivity index (χ1n) is 7.02. The van der Waals surface area contributed by atoms with Gasteiger partial charge in [0.2, 0.25) is 0 Å². The molecule has 0 saturated heterocycles. The number of rotatable bonds is 6. The molecule has 0 radical (unpaired) electrons. The zero-order valence-electron chi connectivity index (χ0n) is 12.3. The van der Waals surface area contributed by atoms with Crippen LogP contribution >= 0.6 is 0 Å². The van der Waals surface area contributed by atoms with E-state index in [4.69, 9.17) is 9.15 Å². The van der Waals surface area contributed by atoms with Gasteiger partial charge in [-0.05, 0) is 38.5 Å². The molecule has 0 saturated carbocycles. The van der Waals surface area contributed by atoms with Gasteiger partial charge in [0.15, 0.2) is 0 Å². The van der Waals surface area contributed by atoms with Crippen LogP contribution in [-0.2, 0) is 4.74 Å². The SMILES string of the molecule is CCOCCCNC(=O)c1cc2cc(C)ccc2oc1=O. The molecule has 1 aromatic heterocycles. The highest BCUT2D eigenvalue weighted by Gasteiger charge is 2.13. The predicted octanol–water partition coefficient (Wildman–Crippen LogP) is 2.26. The summed E-state index contributed by atoms with van der Waals surface area (Å²) in [7, 11) is 0. The minimum absolute atomic E-state index is 0.0320. The Morgan fingerprint density at radius 3 is 2.90 bits per heavy atom. The zero-order valence-corrected chi connectivity index (χ0v) is 12.3. The summed E-state index contributed by atoms with van der Waals surface area (Å²) in [6.45, 7) is 5.56. The van der Waals surface area contributed by atoms with Gasteiger partial charge in [0, 0.05) is 25.1 Å². The van der Waals surface area contributed by atoms with Crippen LogP contribution in [0.3, 0.4) is 0 Å². The number of carbonyl (C=O) groups is 1. The van der Waals surface area contributed by atoms with Gasteiger partial charge >= 0.3 is 5.63 Å². The number of carbonyl (C=O) groups excluding carboxylic acids is 1. The Balaban J connectivity index is 2.11. The fourth-order valence-corrected chi connectivity index (χ4v) is 2.02. The van der Waals surface area contributed by atoms with Crippen molar-refractivity contribution in [3.63, 3.8) is 0 Å². The maximum atomic E-state index is 12.0. The van der Waals surface area contributed by atoms with E-state index >= 15 is 0 Å². The van der Waals surface area contributed by atoms with E-state index in [0.717, 1.165) is 10.9 Å². The molecule has 1 N–H and O–H groups in total. The summed E-state index contributed by atoms with van der Waals surface area (Å²) >= 11 is 0. The molecule has 1 heterocycles. The lowest BCUT2D eigenvalue weighted by Gasteiger charge is -2.05. The van der Waals surface area contributed by atoms with Crippen LogP contribution in [0.4, 0.5) is 0 Å². The van der Waals surface area contributed by atoms with Gasteiger partial charge in [0.05, 0.1) is 0 Å². The Kier molecular flexibility index (Phi) is 5.11. The Labute approximate surface area is 122 Å². The molecule has 21 heavy (non-hydrogen) atoms. The maximum Gasteiger partial charge on any atom is 0.349 e. The van der Waals surface area contributed by atoms with Gasteiger partial charge in [-0.2, -0.15) is 0 Å². The van der Waals surface area contributed by atoms with E-state index in [1.54, 1.807) is 12.1 Å². The van der Waals surface area contributed by atoms with Crippen molar-refractivity contribution in [1.82, 2.24) is 5.32 Å². The van der Waals surface area contributed by atoms with E-state index in [1.807, 2.05) is 26.0 Å². The lowest BCUT2D eigenvalue weighted by molar-refractivity contribution is 0.0941. The smallest absolute Gasteiger partial charge is 0.349 e. The molecule has 2 rings (SSSR count). The number of hydrogen-bond donors (Lipinski definition) is 1.